The number of halogens is 2. The summed E-state index contributed by atoms with van der Waals surface area (Å²) < 4.78 is 31.8. The van der Waals surface area contributed by atoms with Gasteiger partial charge in [-0.2, -0.15) is 0 Å². The van der Waals surface area contributed by atoms with Gasteiger partial charge in [0.1, 0.15) is 11.1 Å². The van der Waals surface area contributed by atoms with Gasteiger partial charge in [0.2, 0.25) is 0 Å². The Morgan fingerprint density at radius 3 is 2.58 bits per heavy atom. The third kappa shape index (κ3) is 3.75. The van der Waals surface area contributed by atoms with Gasteiger partial charge in [0, 0.05) is 24.1 Å². The number of benzene rings is 2. The molecule has 1 heterocycles. The number of hydrogen-bond donors (Lipinski definition) is 1. The molecule has 8 heteroatoms. The Morgan fingerprint density at radius 2 is 1.85 bits per heavy atom. The molecule has 0 spiro atoms. The van der Waals surface area contributed by atoms with Crippen LogP contribution in [0.3, 0.4) is 0 Å². The number of fused-ring (bicyclic) bond motifs is 1. The summed E-state index contributed by atoms with van der Waals surface area (Å²) in [5, 5.41) is 6.55. The van der Waals surface area contributed by atoms with Crippen molar-refractivity contribution < 1.29 is 27.6 Å². The van der Waals surface area contributed by atoms with Crippen LogP contribution in [0.15, 0.2) is 58.1 Å². The molecule has 1 N–H and O–H groups in total. The van der Waals surface area contributed by atoms with Gasteiger partial charge in [-0.25, -0.2) is 13.6 Å². The lowest BCUT2D eigenvalue weighted by Gasteiger charge is -2.07. The molecule has 26 heavy (non-hydrogen) atoms. The lowest BCUT2D eigenvalue weighted by Crippen LogP contribution is -2.22. The molecule has 1 amide bonds. The fraction of sp³-hybridized carbons (Fsp3) is 0.0556. The highest BCUT2D eigenvalue weighted by molar-refractivity contribution is 6.05. The average Bonchev–Trinajstić information content (AvgIpc) is 2.62. The second-order valence-electron chi connectivity index (χ2n) is 5.26. The quantitative estimate of drug-likeness (QED) is 0.575. The van der Waals surface area contributed by atoms with Gasteiger partial charge in [-0.3, -0.25) is 4.79 Å². The molecule has 132 valence electrons. The van der Waals surface area contributed by atoms with E-state index in [4.69, 9.17) is 4.42 Å². The minimum Gasteiger partial charge on any atom is -0.435 e. The predicted molar refractivity (Wildman–Crippen MR) is 87.9 cm³/mol. The summed E-state index contributed by atoms with van der Waals surface area (Å²) in [5.41, 5.74) is 0.178. The molecule has 0 radical (unpaired) electrons. The zero-order valence-electron chi connectivity index (χ0n) is 13.5. The van der Waals surface area contributed by atoms with E-state index in [0.29, 0.717) is 11.0 Å². The minimum absolute atomic E-state index is 0.0421. The normalized spacial score (nSPS) is 11.4. The number of nitrogens with one attached hydrogen (secondary N) is 1. The summed E-state index contributed by atoms with van der Waals surface area (Å²) in [5.74, 6) is -3.53. The molecule has 0 saturated carbocycles. The van der Waals surface area contributed by atoms with Crippen molar-refractivity contribution in [2.24, 2.45) is 5.16 Å². The Labute approximate surface area is 145 Å². The topological polar surface area (TPSA) is 80.9 Å². The largest absolute Gasteiger partial charge is 0.435 e. The van der Waals surface area contributed by atoms with Crippen LogP contribution in [0.25, 0.3) is 11.0 Å². The first-order valence-corrected chi connectivity index (χ1v) is 7.45. The maximum atomic E-state index is 13.3. The number of nitrogens with zero attached hydrogens (tertiary/aromatic N) is 1. The van der Waals surface area contributed by atoms with Gasteiger partial charge in [-0.1, -0.05) is 18.2 Å². The second kappa shape index (κ2) is 7.14. The SMILES string of the molecule is CC(=O)O/N=c1/oc2ccccc2cc1C(=O)Nc1ccc(F)c(F)c1. The van der Waals surface area contributed by atoms with Crippen LogP contribution in [-0.4, -0.2) is 11.9 Å². The molecular formula is C18H12F2N2O4. The van der Waals surface area contributed by atoms with E-state index in [0.717, 1.165) is 19.1 Å². The van der Waals surface area contributed by atoms with E-state index < -0.39 is 23.5 Å². The molecule has 3 aromatic rings. The van der Waals surface area contributed by atoms with E-state index in [2.05, 4.69) is 15.3 Å². The van der Waals surface area contributed by atoms with Crippen molar-refractivity contribution in [3.8, 4) is 0 Å². The number of carbonyl (C=O) groups is 2. The third-order valence-corrected chi connectivity index (χ3v) is 3.34. The van der Waals surface area contributed by atoms with E-state index in [1.54, 1.807) is 24.3 Å². The van der Waals surface area contributed by atoms with Crippen molar-refractivity contribution in [3.63, 3.8) is 0 Å². The van der Waals surface area contributed by atoms with Crippen molar-refractivity contribution in [2.45, 2.75) is 6.92 Å². The van der Waals surface area contributed by atoms with Gasteiger partial charge in [0.05, 0.1) is 0 Å². The molecule has 0 saturated heterocycles. The van der Waals surface area contributed by atoms with Crippen LogP contribution < -0.4 is 10.9 Å². The van der Waals surface area contributed by atoms with Crippen LogP contribution >= 0.6 is 0 Å². The monoisotopic (exact) mass is 358 g/mol. The lowest BCUT2D eigenvalue weighted by atomic mass is 10.1. The van der Waals surface area contributed by atoms with Crippen molar-refractivity contribution in [1.29, 1.82) is 0 Å². The van der Waals surface area contributed by atoms with E-state index in [1.165, 1.54) is 12.1 Å². The highest BCUT2D eigenvalue weighted by Crippen LogP contribution is 2.16. The highest BCUT2D eigenvalue weighted by Gasteiger charge is 2.14. The van der Waals surface area contributed by atoms with E-state index in [-0.39, 0.29) is 16.8 Å². The minimum atomic E-state index is -1.10. The standard InChI is InChI=1S/C18H12F2N2O4/c1-10(23)26-22-18-13(8-11-4-2-3-5-16(11)25-18)17(24)21-12-6-7-14(19)15(20)9-12/h2-9H,1H3,(H,21,24)/b22-18+. The molecule has 2 aromatic carbocycles. The lowest BCUT2D eigenvalue weighted by molar-refractivity contribution is -0.141. The van der Waals surface area contributed by atoms with Crippen LogP contribution in [0.4, 0.5) is 14.5 Å². The van der Waals surface area contributed by atoms with Gasteiger partial charge in [0.25, 0.3) is 11.5 Å². The highest BCUT2D eigenvalue weighted by atomic mass is 19.2. The molecule has 1 aromatic heterocycles. The predicted octanol–water partition coefficient (Wildman–Crippen LogP) is 3.34. The number of para-hydroxylation sites is 1. The summed E-state index contributed by atoms with van der Waals surface area (Å²) in [6, 6.07) is 11.3. The summed E-state index contributed by atoms with van der Waals surface area (Å²) in [6.45, 7) is 1.14. The van der Waals surface area contributed by atoms with Crippen molar-refractivity contribution in [2.75, 3.05) is 5.32 Å². The number of anilines is 1. The van der Waals surface area contributed by atoms with E-state index in [1.807, 2.05) is 0 Å². The molecule has 0 atom stereocenters. The Hall–Kier alpha value is -3.55. The maximum absolute atomic E-state index is 13.3. The molecule has 0 unspecified atom stereocenters. The third-order valence-electron chi connectivity index (χ3n) is 3.34. The van der Waals surface area contributed by atoms with Crippen molar-refractivity contribution in [1.82, 2.24) is 0 Å². The Balaban J connectivity index is 2.04. The summed E-state index contributed by atoms with van der Waals surface area (Å²) in [4.78, 5) is 28.1. The first kappa shape index (κ1) is 17.3. The Bertz CT molecular complexity index is 1080. The molecule has 0 aliphatic carbocycles. The fourth-order valence-corrected chi connectivity index (χ4v) is 2.18. The fourth-order valence-electron chi connectivity index (χ4n) is 2.18. The van der Waals surface area contributed by atoms with Gasteiger partial charge < -0.3 is 14.6 Å². The molecule has 0 bridgehead atoms. The number of rotatable bonds is 3. The number of amides is 1. The van der Waals surface area contributed by atoms with Gasteiger partial charge >= 0.3 is 5.97 Å². The summed E-state index contributed by atoms with van der Waals surface area (Å²) in [6.07, 6.45) is 0. The Kier molecular flexibility index (Phi) is 4.74. The zero-order chi connectivity index (χ0) is 18.7. The van der Waals surface area contributed by atoms with Crippen LogP contribution in [0.5, 0.6) is 0 Å². The van der Waals surface area contributed by atoms with Crippen LogP contribution in [-0.2, 0) is 9.63 Å². The van der Waals surface area contributed by atoms with Crippen molar-refractivity contribution >= 4 is 28.5 Å². The second-order valence-corrected chi connectivity index (χ2v) is 5.26. The van der Waals surface area contributed by atoms with Crippen molar-refractivity contribution in [3.05, 3.63) is 71.3 Å². The number of carbonyl (C=O) groups excluding carboxylic acids is 2. The van der Waals surface area contributed by atoms with Gasteiger partial charge in [0.15, 0.2) is 11.6 Å². The average molecular weight is 358 g/mol. The Morgan fingerprint density at radius 1 is 1.08 bits per heavy atom. The molecule has 0 aliphatic rings. The molecule has 0 aliphatic heterocycles. The molecule has 0 fully saturated rings. The molecular weight excluding hydrogens is 346 g/mol. The molecule has 6 nitrogen and oxygen atoms in total. The molecule has 3 rings (SSSR count). The first-order chi connectivity index (χ1) is 12.4. The number of hydrogen-bond acceptors (Lipinski definition) is 5. The van der Waals surface area contributed by atoms with Gasteiger partial charge in [-0.05, 0) is 29.4 Å². The smallest absolute Gasteiger partial charge is 0.332 e. The van der Waals surface area contributed by atoms with Crippen LogP contribution in [0, 0.1) is 11.6 Å². The van der Waals surface area contributed by atoms with E-state index in [9.17, 15) is 18.4 Å². The maximum Gasteiger partial charge on any atom is 0.332 e. The van der Waals surface area contributed by atoms with Crippen LogP contribution in [0.2, 0.25) is 0 Å². The zero-order valence-corrected chi connectivity index (χ0v) is 13.5. The van der Waals surface area contributed by atoms with E-state index >= 15 is 0 Å². The first-order valence-electron chi connectivity index (χ1n) is 7.45. The van der Waals surface area contributed by atoms with Crippen LogP contribution in [0.1, 0.15) is 17.3 Å². The summed E-state index contributed by atoms with van der Waals surface area (Å²) >= 11 is 0. The van der Waals surface area contributed by atoms with Gasteiger partial charge in [-0.15, -0.1) is 0 Å². The summed E-state index contributed by atoms with van der Waals surface area (Å²) in [7, 11) is 0.